The third kappa shape index (κ3) is 7.36. The Morgan fingerprint density at radius 2 is 1.39 bits per heavy atom. The van der Waals surface area contributed by atoms with E-state index < -0.39 is 17.2 Å². The number of ether oxygens (including phenoxy) is 3. The Morgan fingerprint density at radius 3 is 2.00 bits per heavy atom. The highest BCUT2D eigenvalue weighted by Crippen LogP contribution is 2.37. The van der Waals surface area contributed by atoms with Gasteiger partial charge in [-0.15, -0.1) is 0 Å². The van der Waals surface area contributed by atoms with Crippen molar-refractivity contribution in [3.8, 4) is 17.2 Å². The van der Waals surface area contributed by atoms with Gasteiger partial charge in [-0.05, 0) is 101 Å². The molecule has 3 rings (SSSR count). The number of benzene rings is 3. The summed E-state index contributed by atoms with van der Waals surface area (Å²) in [4.78, 5) is 25.1. The molecule has 0 aliphatic carbocycles. The van der Waals surface area contributed by atoms with Crippen LogP contribution in [0.1, 0.15) is 50.5 Å². The lowest BCUT2D eigenvalue weighted by Crippen LogP contribution is -2.43. The van der Waals surface area contributed by atoms with E-state index >= 15 is 0 Å². The van der Waals surface area contributed by atoms with E-state index in [4.69, 9.17) is 37.4 Å². The molecule has 0 aliphatic rings. The molecule has 3 aromatic rings. The summed E-state index contributed by atoms with van der Waals surface area (Å²) < 4.78 is 17.0. The summed E-state index contributed by atoms with van der Waals surface area (Å²) >= 11 is 12.9. The molecule has 0 saturated heterocycles. The molecule has 0 amide bonds. The lowest BCUT2D eigenvalue weighted by Gasteiger charge is -2.29. The zero-order valence-electron chi connectivity index (χ0n) is 20.8. The first-order valence-electron chi connectivity index (χ1n) is 11.3. The summed E-state index contributed by atoms with van der Waals surface area (Å²) in [5, 5.41) is 0.329. The van der Waals surface area contributed by atoms with Crippen molar-refractivity contribution in [3.63, 3.8) is 0 Å². The Morgan fingerprint density at radius 1 is 0.778 bits per heavy atom. The van der Waals surface area contributed by atoms with Crippen LogP contribution in [0.4, 0.5) is 0 Å². The van der Waals surface area contributed by atoms with E-state index in [1.165, 1.54) is 6.08 Å². The van der Waals surface area contributed by atoms with E-state index in [-0.39, 0.29) is 21.6 Å². The first-order valence-corrected chi connectivity index (χ1v) is 12.1. The number of para-hydroxylation sites is 1. The maximum Gasteiger partial charge on any atom is 0.350 e. The van der Waals surface area contributed by atoms with Crippen LogP contribution in [-0.4, -0.2) is 23.0 Å². The Labute approximate surface area is 221 Å². The number of hydrogen-bond acceptors (Lipinski definition) is 5. The number of hydrogen-bond donors (Lipinski definition) is 0. The molecule has 188 valence electrons. The molecular weight excluding hydrogens is 499 g/mol. The smallest absolute Gasteiger partial charge is 0.350 e. The first kappa shape index (κ1) is 27.3. The van der Waals surface area contributed by atoms with Crippen molar-refractivity contribution in [2.45, 2.75) is 45.8 Å². The zero-order valence-corrected chi connectivity index (χ0v) is 22.3. The third-order valence-electron chi connectivity index (χ3n) is 4.86. The number of carbonyl (C=O) groups is 2. The second-order valence-electron chi connectivity index (χ2n) is 9.53. The van der Waals surface area contributed by atoms with Crippen LogP contribution in [0.3, 0.4) is 0 Å². The predicted octanol–water partition coefficient (Wildman–Crippen LogP) is 8.18. The molecule has 0 spiro atoms. The fourth-order valence-electron chi connectivity index (χ4n) is 3.05. The first-order chi connectivity index (χ1) is 16.9. The topological polar surface area (TPSA) is 61.8 Å². The van der Waals surface area contributed by atoms with Gasteiger partial charge in [0.05, 0.1) is 5.02 Å². The molecule has 7 heteroatoms. The van der Waals surface area contributed by atoms with Gasteiger partial charge < -0.3 is 14.2 Å². The number of carbonyl (C=O) groups excluding carboxylic acids is 2. The number of halogens is 2. The van der Waals surface area contributed by atoms with Gasteiger partial charge >= 0.3 is 5.97 Å². The molecule has 3 aromatic carbocycles. The van der Waals surface area contributed by atoms with E-state index in [0.29, 0.717) is 22.6 Å². The van der Waals surface area contributed by atoms with Crippen molar-refractivity contribution >= 4 is 41.0 Å². The molecule has 0 unspecified atom stereocenters. The van der Waals surface area contributed by atoms with Crippen LogP contribution in [0.15, 0.2) is 72.8 Å². The molecule has 5 nitrogen and oxygen atoms in total. The monoisotopic (exact) mass is 526 g/mol. The van der Waals surface area contributed by atoms with Gasteiger partial charge in [0.25, 0.3) is 0 Å². The Hall–Kier alpha value is -3.28. The van der Waals surface area contributed by atoms with Crippen molar-refractivity contribution in [1.29, 1.82) is 0 Å². The van der Waals surface area contributed by atoms with Gasteiger partial charge in [-0.2, -0.15) is 0 Å². The highest BCUT2D eigenvalue weighted by atomic mass is 35.5. The number of rotatable bonds is 8. The molecule has 0 saturated carbocycles. The average molecular weight is 527 g/mol. The van der Waals surface area contributed by atoms with Crippen molar-refractivity contribution in [2.24, 2.45) is 0 Å². The zero-order chi connectivity index (χ0) is 26.5. The molecule has 0 N–H and O–H groups in total. The van der Waals surface area contributed by atoms with Crippen LogP contribution in [-0.2, 0) is 9.53 Å². The molecule has 0 heterocycles. The van der Waals surface area contributed by atoms with Gasteiger partial charge in [0.15, 0.2) is 11.4 Å². The van der Waals surface area contributed by atoms with Gasteiger partial charge in [0, 0.05) is 5.56 Å². The second kappa shape index (κ2) is 11.2. The van der Waals surface area contributed by atoms with Gasteiger partial charge in [0.1, 0.15) is 27.9 Å². The van der Waals surface area contributed by atoms with Gasteiger partial charge in [-0.1, -0.05) is 41.4 Å². The van der Waals surface area contributed by atoms with E-state index in [1.807, 2.05) is 30.3 Å². The summed E-state index contributed by atoms with van der Waals surface area (Å²) in [6.45, 7) is 8.52. The maximum absolute atomic E-state index is 12.6. The van der Waals surface area contributed by atoms with E-state index in [2.05, 4.69) is 0 Å². The number of allylic oxidation sites excluding steroid dienone is 1. The normalized spacial score (nSPS) is 11.9. The van der Waals surface area contributed by atoms with E-state index in [9.17, 15) is 9.59 Å². The van der Waals surface area contributed by atoms with Gasteiger partial charge in [0.2, 0.25) is 0 Å². The second-order valence-corrected chi connectivity index (χ2v) is 10.3. The fourth-order valence-corrected chi connectivity index (χ4v) is 3.48. The largest absolute Gasteiger partial charge is 0.475 e. The minimum absolute atomic E-state index is 0.130. The summed E-state index contributed by atoms with van der Waals surface area (Å²) in [5.41, 5.74) is -0.922. The minimum Gasteiger partial charge on any atom is -0.475 e. The maximum atomic E-state index is 12.6. The van der Waals surface area contributed by atoms with Gasteiger partial charge in [-0.3, -0.25) is 4.79 Å². The third-order valence-corrected chi connectivity index (χ3v) is 5.74. The number of ketones is 1. The van der Waals surface area contributed by atoms with E-state index in [1.54, 1.807) is 77.1 Å². The molecule has 0 aliphatic heterocycles. The summed E-state index contributed by atoms with van der Waals surface area (Å²) in [6.07, 6.45) is 2.99. The Kier molecular flexibility index (Phi) is 8.49. The fraction of sp³-hybridized carbons (Fsp3) is 0.241. The summed E-state index contributed by atoms with van der Waals surface area (Å²) in [5.74, 6) is 0.832. The van der Waals surface area contributed by atoms with Crippen LogP contribution < -0.4 is 9.47 Å². The summed E-state index contributed by atoms with van der Waals surface area (Å²) in [7, 11) is 0. The number of esters is 1. The predicted molar refractivity (Wildman–Crippen MR) is 143 cm³/mol. The molecule has 0 atom stereocenters. The van der Waals surface area contributed by atoms with Crippen LogP contribution in [0, 0.1) is 0 Å². The molecular formula is C29H28Cl2O5. The van der Waals surface area contributed by atoms with Crippen LogP contribution in [0.25, 0.3) is 6.08 Å². The van der Waals surface area contributed by atoms with Crippen LogP contribution >= 0.6 is 23.2 Å². The Bertz CT molecular complexity index is 1260. The van der Waals surface area contributed by atoms with Crippen molar-refractivity contribution < 1.29 is 23.8 Å². The molecule has 36 heavy (non-hydrogen) atoms. The lowest BCUT2D eigenvalue weighted by atomic mass is 10.1. The molecule has 0 aromatic heterocycles. The molecule has 0 bridgehead atoms. The average Bonchev–Trinajstić information content (AvgIpc) is 2.81. The highest BCUT2D eigenvalue weighted by Gasteiger charge is 2.35. The van der Waals surface area contributed by atoms with Crippen LogP contribution in [0.5, 0.6) is 17.2 Å². The standard InChI is InChI=1S/C29H28Cl2O5/c1-28(2,3)36-27(33)29(4,5)35-24-18-14-20(25(30)26(24)31)13-17-23(32)19-11-15-22(16-12-19)34-21-9-7-6-8-10-21/h6-18H,1-5H3. The molecule has 0 fully saturated rings. The summed E-state index contributed by atoms with van der Waals surface area (Å²) in [6, 6.07) is 19.5. The van der Waals surface area contributed by atoms with Gasteiger partial charge in [-0.25, -0.2) is 4.79 Å². The minimum atomic E-state index is -1.29. The van der Waals surface area contributed by atoms with Crippen molar-refractivity contribution in [1.82, 2.24) is 0 Å². The Balaban J connectivity index is 1.69. The highest BCUT2D eigenvalue weighted by molar-refractivity contribution is 6.43. The van der Waals surface area contributed by atoms with E-state index in [0.717, 1.165) is 0 Å². The van der Waals surface area contributed by atoms with Crippen molar-refractivity contribution in [2.75, 3.05) is 0 Å². The quantitative estimate of drug-likeness (QED) is 0.168. The SMILES string of the molecule is CC(C)(C)OC(=O)C(C)(C)Oc1ccc(C=CC(=O)c2ccc(Oc3ccccc3)cc2)c(Cl)c1Cl. The molecule has 0 radical (unpaired) electrons. The lowest BCUT2D eigenvalue weighted by molar-refractivity contribution is -0.170. The van der Waals surface area contributed by atoms with Crippen molar-refractivity contribution in [3.05, 3.63) is 94.0 Å². The van der Waals surface area contributed by atoms with Crippen LogP contribution in [0.2, 0.25) is 10.0 Å².